The minimum atomic E-state index is -0.465. The van der Waals surface area contributed by atoms with Crippen molar-refractivity contribution in [1.82, 2.24) is 10.2 Å². The summed E-state index contributed by atoms with van der Waals surface area (Å²) in [5.74, 6) is 0.183. The summed E-state index contributed by atoms with van der Waals surface area (Å²) in [7, 11) is 0. The predicted octanol–water partition coefficient (Wildman–Crippen LogP) is 0.854. The molecule has 1 heterocycles. The maximum atomic E-state index is 11.4. The first kappa shape index (κ1) is 15.3. The fourth-order valence-electron chi connectivity index (χ4n) is 3.33. The van der Waals surface area contributed by atoms with Crippen LogP contribution in [0, 0.1) is 23.2 Å². The maximum absolute atomic E-state index is 11.4. The molecule has 2 unspecified atom stereocenters. The van der Waals surface area contributed by atoms with Crippen molar-refractivity contribution in [1.29, 1.82) is 5.26 Å². The van der Waals surface area contributed by atoms with E-state index in [1.165, 1.54) is 0 Å². The summed E-state index contributed by atoms with van der Waals surface area (Å²) in [6, 6.07) is 2.82. The van der Waals surface area contributed by atoms with Crippen LogP contribution in [0.2, 0.25) is 0 Å². The predicted molar refractivity (Wildman–Crippen MR) is 77.7 cm³/mol. The molecular formula is C15H26N4O. The van der Waals surface area contributed by atoms with Crippen LogP contribution in [0.25, 0.3) is 0 Å². The quantitative estimate of drug-likeness (QED) is 0.755. The molecule has 0 aromatic heterocycles. The lowest BCUT2D eigenvalue weighted by Gasteiger charge is -2.39. The number of hydrogen-bond donors (Lipinski definition) is 2. The van der Waals surface area contributed by atoms with Crippen LogP contribution in [0.15, 0.2) is 0 Å². The van der Waals surface area contributed by atoms with E-state index in [1.807, 2.05) is 0 Å². The SMILES string of the molecule is CC(C)NC(C#N)(CN1CCCC(C(N)=O)C1)C1CC1. The van der Waals surface area contributed by atoms with Gasteiger partial charge in [-0.05, 0) is 52.0 Å². The van der Waals surface area contributed by atoms with Crippen molar-refractivity contribution >= 4 is 5.91 Å². The summed E-state index contributed by atoms with van der Waals surface area (Å²) in [4.78, 5) is 13.6. The average molecular weight is 278 g/mol. The van der Waals surface area contributed by atoms with Crippen LogP contribution in [-0.2, 0) is 4.79 Å². The van der Waals surface area contributed by atoms with Crippen molar-refractivity contribution < 1.29 is 4.79 Å². The minimum Gasteiger partial charge on any atom is -0.369 e. The van der Waals surface area contributed by atoms with Crippen LogP contribution in [0.1, 0.15) is 39.5 Å². The van der Waals surface area contributed by atoms with E-state index < -0.39 is 5.54 Å². The van der Waals surface area contributed by atoms with E-state index in [0.717, 1.165) is 32.2 Å². The van der Waals surface area contributed by atoms with Gasteiger partial charge in [-0.3, -0.25) is 15.0 Å². The molecule has 1 saturated carbocycles. The molecular weight excluding hydrogens is 252 g/mol. The van der Waals surface area contributed by atoms with E-state index in [4.69, 9.17) is 5.73 Å². The average Bonchev–Trinajstić information content (AvgIpc) is 3.22. The summed E-state index contributed by atoms with van der Waals surface area (Å²) >= 11 is 0. The van der Waals surface area contributed by atoms with Crippen molar-refractivity contribution in [2.75, 3.05) is 19.6 Å². The van der Waals surface area contributed by atoms with Crippen LogP contribution in [-0.4, -0.2) is 42.0 Å². The number of rotatable bonds is 6. The lowest BCUT2D eigenvalue weighted by atomic mass is 9.90. The highest BCUT2D eigenvalue weighted by Crippen LogP contribution is 2.40. The standard InChI is InChI=1S/C15H26N4O/c1-11(2)18-15(9-16,13-5-6-13)10-19-7-3-4-12(8-19)14(17)20/h11-13,18H,3-8,10H2,1-2H3,(H2,17,20). The van der Waals surface area contributed by atoms with E-state index >= 15 is 0 Å². The van der Waals surface area contributed by atoms with Gasteiger partial charge in [0.05, 0.1) is 12.0 Å². The second-order valence-corrected chi connectivity index (χ2v) is 6.63. The number of carbonyl (C=O) groups excluding carboxylic acids is 1. The highest BCUT2D eigenvalue weighted by molar-refractivity contribution is 5.76. The lowest BCUT2D eigenvalue weighted by Crippen LogP contribution is -2.58. The number of likely N-dealkylation sites (tertiary alicyclic amines) is 1. The van der Waals surface area contributed by atoms with Gasteiger partial charge in [-0.25, -0.2) is 0 Å². The smallest absolute Gasteiger partial charge is 0.221 e. The first-order chi connectivity index (χ1) is 9.47. The molecule has 20 heavy (non-hydrogen) atoms. The van der Waals surface area contributed by atoms with E-state index in [2.05, 4.69) is 30.1 Å². The number of nitrogens with two attached hydrogens (primary N) is 1. The van der Waals surface area contributed by atoms with Gasteiger partial charge in [-0.15, -0.1) is 0 Å². The van der Waals surface area contributed by atoms with Gasteiger partial charge in [-0.1, -0.05) is 0 Å². The van der Waals surface area contributed by atoms with Crippen LogP contribution < -0.4 is 11.1 Å². The van der Waals surface area contributed by atoms with E-state index in [-0.39, 0.29) is 17.9 Å². The third-order valence-electron chi connectivity index (χ3n) is 4.40. The fraction of sp³-hybridized carbons (Fsp3) is 0.867. The Kier molecular flexibility index (Phi) is 4.66. The molecule has 1 amide bonds. The molecule has 2 aliphatic rings. The topological polar surface area (TPSA) is 82.2 Å². The molecule has 0 aromatic rings. The minimum absolute atomic E-state index is 0.0570. The Morgan fingerprint density at radius 2 is 2.20 bits per heavy atom. The fourth-order valence-corrected chi connectivity index (χ4v) is 3.33. The molecule has 0 bridgehead atoms. The van der Waals surface area contributed by atoms with Crippen molar-refractivity contribution in [2.45, 2.75) is 51.1 Å². The summed E-state index contributed by atoms with van der Waals surface area (Å²) < 4.78 is 0. The summed E-state index contributed by atoms with van der Waals surface area (Å²) in [5.41, 5.74) is 4.97. The highest BCUT2D eigenvalue weighted by atomic mass is 16.1. The zero-order valence-electron chi connectivity index (χ0n) is 12.6. The Balaban J connectivity index is 2.04. The maximum Gasteiger partial charge on any atom is 0.221 e. The molecule has 2 rings (SSSR count). The molecule has 0 radical (unpaired) electrons. The number of amides is 1. The summed E-state index contributed by atoms with van der Waals surface area (Å²) in [6.45, 7) is 6.52. The normalized spacial score (nSPS) is 27.0. The van der Waals surface area contributed by atoms with Crippen molar-refractivity contribution in [3.63, 3.8) is 0 Å². The number of piperidine rings is 1. The second-order valence-electron chi connectivity index (χ2n) is 6.63. The van der Waals surface area contributed by atoms with Gasteiger partial charge in [0.2, 0.25) is 5.91 Å². The van der Waals surface area contributed by atoms with Gasteiger partial charge < -0.3 is 5.73 Å². The Hall–Kier alpha value is -1.12. The number of nitrogens with zero attached hydrogens (tertiary/aromatic N) is 2. The Labute approximate surface area is 121 Å². The Morgan fingerprint density at radius 3 is 2.70 bits per heavy atom. The molecule has 1 saturated heterocycles. The number of hydrogen-bond acceptors (Lipinski definition) is 4. The first-order valence-corrected chi connectivity index (χ1v) is 7.67. The molecule has 112 valence electrons. The van der Waals surface area contributed by atoms with Crippen LogP contribution in [0.3, 0.4) is 0 Å². The molecule has 1 aliphatic heterocycles. The summed E-state index contributed by atoms with van der Waals surface area (Å²) in [6.07, 6.45) is 4.12. The third-order valence-corrected chi connectivity index (χ3v) is 4.40. The molecule has 0 spiro atoms. The van der Waals surface area contributed by atoms with Gasteiger partial charge in [0.15, 0.2) is 0 Å². The van der Waals surface area contributed by atoms with Gasteiger partial charge in [-0.2, -0.15) is 5.26 Å². The molecule has 3 N–H and O–H groups in total. The van der Waals surface area contributed by atoms with E-state index in [9.17, 15) is 10.1 Å². The number of nitrogens with one attached hydrogen (secondary N) is 1. The van der Waals surface area contributed by atoms with Crippen LogP contribution in [0.4, 0.5) is 0 Å². The van der Waals surface area contributed by atoms with Crippen molar-refractivity contribution in [2.24, 2.45) is 17.6 Å². The van der Waals surface area contributed by atoms with Crippen LogP contribution in [0.5, 0.6) is 0 Å². The van der Waals surface area contributed by atoms with Crippen LogP contribution >= 0.6 is 0 Å². The first-order valence-electron chi connectivity index (χ1n) is 7.67. The summed E-state index contributed by atoms with van der Waals surface area (Å²) in [5, 5.41) is 13.2. The number of primary amides is 1. The Bertz CT molecular complexity index is 399. The second kappa shape index (κ2) is 6.11. The molecule has 5 nitrogen and oxygen atoms in total. The zero-order chi connectivity index (χ0) is 14.8. The molecule has 2 fully saturated rings. The van der Waals surface area contributed by atoms with Crippen molar-refractivity contribution in [3.8, 4) is 6.07 Å². The molecule has 5 heteroatoms. The van der Waals surface area contributed by atoms with Gasteiger partial charge in [0.25, 0.3) is 0 Å². The zero-order valence-corrected chi connectivity index (χ0v) is 12.6. The monoisotopic (exact) mass is 278 g/mol. The van der Waals surface area contributed by atoms with Gasteiger partial charge >= 0.3 is 0 Å². The van der Waals surface area contributed by atoms with Crippen molar-refractivity contribution in [3.05, 3.63) is 0 Å². The van der Waals surface area contributed by atoms with E-state index in [0.29, 0.717) is 19.0 Å². The largest absolute Gasteiger partial charge is 0.369 e. The third kappa shape index (κ3) is 3.50. The molecule has 1 aliphatic carbocycles. The molecule has 0 aromatic carbocycles. The van der Waals surface area contributed by atoms with Gasteiger partial charge in [0.1, 0.15) is 5.54 Å². The molecule has 2 atom stereocenters. The number of carbonyl (C=O) groups is 1. The lowest BCUT2D eigenvalue weighted by molar-refractivity contribution is -0.123. The number of nitriles is 1. The van der Waals surface area contributed by atoms with Gasteiger partial charge in [0, 0.05) is 19.1 Å². The van der Waals surface area contributed by atoms with E-state index in [1.54, 1.807) is 0 Å². The highest BCUT2D eigenvalue weighted by Gasteiger charge is 2.47. The Morgan fingerprint density at radius 1 is 1.50 bits per heavy atom.